The summed E-state index contributed by atoms with van der Waals surface area (Å²) in [6, 6.07) is 0. The third kappa shape index (κ3) is 4.10. The third-order valence-corrected chi connectivity index (χ3v) is 3.44. The molecule has 1 fully saturated rings. The molecule has 4 heteroatoms. The monoisotopic (exact) mass is 227 g/mol. The SMILES string of the molecule is CCC(CN)C(=O)NCC1CCCN(C)C1. The van der Waals surface area contributed by atoms with Crippen molar-refractivity contribution in [3.8, 4) is 0 Å². The van der Waals surface area contributed by atoms with Crippen LogP contribution in [0.15, 0.2) is 0 Å². The highest BCUT2D eigenvalue weighted by Gasteiger charge is 2.19. The van der Waals surface area contributed by atoms with Gasteiger partial charge in [0.05, 0.1) is 0 Å². The van der Waals surface area contributed by atoms with Gasteiger partial charge >= 0.3 is 0 Å². The van der Waals surface area contributed by atoms with Crippen LogP contribution in [0.3, 0.4) is 0 Å². The standard InChI is InChI=1S/C12H25N3O/c1-3-11(7-13)12(16)14-8-10-5-4-6-15(2)9-10/h10-11H,3-9,13H2,1-2H3,(H,14,16). The fraction of sp³-hybridized carbons (Fsp3) is 0.917. The number of rotatable bonds is 5. The minimum atomic E-state index is -0.0127. The summed E-state index contributed by atoms with van der Waals surface area (Å²) in [6.45, 7) is 5.54. The molecule has 4 nitrogen and oxygen atoms in total. The Morgan fingerprint density at radius 1 is 1.62 bits per heavy atom. The van der Waals surface area contributed by atoms with Crippen molar-refractivity contribution >= 4 is 5.91 Å². The molecule has 2 unspecified atom stereocenters. The quantitative estimate of drug-likeness (QED) is 0.716. The molecule has 1 amide bonds. The second kappa shape index (κ2) is 6.86. The van der Waals surface area contributed by atoms with Gasteiger partial charge in [0.2, 0.25) is 5.91 Å². The molecule has 0 aromatic heterocycles. The molecule has 0 aromatic rings. The third-order valence-electron chi connectivity index (χ3n) is 3.44. The summed E-state index contributed by atoms with van der Waals surface area (Å²) in [4.78, 5) is 14.1. The Balaban J connectivity index is 2.25. The minimum absolute atomic E-state index is 0.0127. The first-order valence-electron chi connectivity index (χ1n) is 6.33. The molecule has 0 saturated carbocycles. The van der Waals surface area contributed by atoms with E-state index >= 15 is 0 Å². The second-order valence-corrected chi connectivity index (χ2v) is 4.86. The van der Waals surface area contributed by atoms with Crippen molar-refractivity contribution in [2.75, 3.05) is 33.2 Å². The lowest BCUT2D eigenvalue weighted by atomic mass is 9.98. The molecule has 1 aliphatic rings. The summed E-state index contributed by atoms with van der Waals surface area (Å²) in [5.74, 6) is 0.720. The number of likely N-dealkylation sites (tertiary alicyclic amines) is 1. The minimum Gasteiger partial charge on any atom is -0.355 e. The van der Waals surface area contributed by atoms with E-state index in [0.29, 0.717) is 12.5 Å². The van der Waals surface area contributed by atoms with Crippen molar-refractivity contribution in [2.24, 2.45) is 17.6 Å². The smallest absolute Gasteiger partial charge is 0.224 e. The maximum atomic E-state index is 11.7. The summed E-state index contributed by atoms with van der Waals surface area (Å²) in [5, 5.41) is 3.03. The Bertz CT molecular complexity index is 216. The van der Waals surface area contributed by atoms with Crippen molar-refractivity contribution in [3.05, 3.63) is 0 Å². The molecule has 3 N–H and O–H groups in total. The molecule has 1 saturated heterocycles. The van der Waals surface area contributed by atoms with Gasteiger partial charge in [-0.05, 0) is 38.8 Å². The zero-order chi connectivity index (χ0) is 12.0. The molecule has 94 valence electrons. The van der Waals surface area contributed by atoms with Gasteiger partial charge in [-0.15, -0.1) is 0 Å². The Kier molecular flexibility index (Phi) is 5.77. The Hall–Kier alpha value is -0.610. The molecule has 0 spiro atoms. The zero-order valence-electron chi connectivity index (χ0n) is 10.5. The van der Waals surface area contributed by atoms with Gasteiger partial charge in [0.15, 0.2) is 0 Å². The topological polar surface area (TPSA) is 58.4 Å². The number of nitrogens with two attached hydrogens (primary N) is 1. The lowest BCUT2D eigenvalue weighted by molar-refractivity contribution is -0.125. The van der Waals surface area contributed by atoms with Gasteiger partial charge < -0.3 is 16.0 Å². The molecule has 0 aliphatic carbocycles. The van der Waals surface area contributed by atoms with Crippen LogP contribution in [-0.2, 0) is 4.79 Å². The van der Waals surface area contributed by atoms with Gasteiger partial charge in [0.25, 0.3) is 0 Å². The number of hydrogen-bond donors (Lipinski definition) is 2. The number of piperidine rings is 1. The number of carbonyl (C=O) groups is 1. The Morgan fingerprint density at radius 2 is 2.38 bits per heavy atom. The fourth-order valence-electron chi connectivity index (χ4n) is 2.29. The van der Waals surface area contributed by atoms with Gasteiger partial charge in [0.1, 0.15) is 0 Å². The molecule has 1 aliphatic heterocycles. The van der Waals surface area contributed by atoms with Crippen LogP contribution in [-0.4, -0.2) is 44.0 Å². The van der Waals surface area contributed by atoms with Crippen LogP contribution in [0.5, 0.6) is 0 Å². The highest BCUT2D eigenvalue weighted by molar-refractivity contribution is 5.78. The number of nitrogens with zero attached hydrogens (tertiary/aromatic N) is 1. The molecule has 0 aromatic carbocycles. The van der Waals surface area contributed by atoms with Crippen LogP contribution in [0.25, 0.3) is 0 Å². The van der Waals surface area contributed by atoms with Crippen LogP contribution in [0.4, 0.5) is 0 Å². The second-order valence-electron chi connectivity index (χ2n) is 4.86. The maximum absolute atomic E-state index is 11.7. The summed E-state index contributed by atoms with van der Waals surface area (Å²) in [7, 11) is 2.14. The molecule has 2 atom stereocenters. The average Bonchev–Trinajstić information content (AvgIpc) is 2.28. The van der Waals surface area contributed by atoms with Crippen molar-refractivity contribution in [3.63, 3.8) is 0 Å². The molecule has 1 heterocycles. The summed E-state index contributed by atoms with van der Waals surface area (Å²) >= 11 is 0. The van der Waals surface area contributed by atoms with E-state index in [1.165, 1.54) is 19.4 Å². The van der Waals surface area contributed by atoms with Gasteiger partial charge in [-0.2, -0.15) is 0 Å². The first-order chi connectivity index (χ1) is 7.67. The van der Waals surface area contributed by atoms with Crippen LogP contribution < -0.4 is 11.1 Å². The van der Waals surface area contributed by atoms with Crippen LogP contribution in [0.2, 0.25) is 0 Å². The number of nitrogens with one attached hydrogen (secondary N) is 1. The molecule has 16 heavy (non-hydrogen) atoms. The normalized spacial score (nSPS) is 24.1. The van der Waals surface area contributed by atoms with E-state index in [1.54, 1.807) is 0 Å². The Labute approximate surface area is 98.6 Å². The van der Waals surface area contributed by atoms with Crippen molar-refractivity contribution < 1.29 is 4.79 Å². The van der Waals surface area contributed by atoms with Crippen LogP contribution >= 0.6 is 0 Å². The number of hydrogen-bond acceptors (Lipinski definition) is 3. The van der Waals surface area contributed by atoms with Crippen LogP contribution in [0.1, 0.15) is 26.2 Å². The molecule has 0 bridgehead atoms. The van der Waals surface area contributed by atoms with E-state index in [1.807, 2.05) is 6.92 Å². The molecular formula is C12H25N3O. The first kappa shape index (κ1) is 13.5. The molecule has 0 radical (unpaired) electrons. The van der Waals surface area contributed by atoms with Gasteiger partial charge in [-0.25, -0.2) is 0 Å². The first-order valence-corrected chi connectivity index (χ1v) is 6.33. The predicted octanol–water partition coefficient (Wildman–Crippen LogP) is 0.429. The summed E-state index contributed by atoms with van der Waals surface area (Å²) < 4.78 is 0. The Morgan fingerprint density at radius 3 is 2.94 bits per heavy atom. The summed E-state index contributed by atoms with van der Waals surface area (Å²) in [5.41, 5.74) is 5.55. The van der Waals surface area contributed by atoms with Gasteiger partial charge in [-0.3, -0.25) is 4.79 Å². The van der Waals surface area contributed by atoms with Gasteiger partial charge in [0, 0.05) is 25.6 Å². The average molecular weight is 227 g/mol. The largest absolute Gasteiger partial charge is 0.355 e. The molecule has 1 rings (SSSR count). The van der Waals surface area contributed by atoms with E-state index in [-0.39, 0.29) is 11.8 Å². The highest BCUT2D eigenvalue weighted by atomic mass is 16.1. The highest BCUT2D eigenvalue weighted by Crippen LogP contribution is 2.14. The lowest BCUT2D eigenvalue weighted by Gasteiger charge is -2.30. The zero-order valence-corrected chi connectivity index (χ0v) is 10.5. The predicted molar refractivity (Wildman–Crippen MR) is 66.1 cm³/mol. The van der Waals surface area contributed by atoms with Crippen molar-refractivity contribution in [1.29, 1.82) is 0 Å². The van der Waals surface area contributed by atoms with Crippen molar-refractivity contribution in [2.45, 2.75) is 26.2 Å². The van der Waals surface area contributed by atoms with Crippen LogP contribution in [0, 0.1) is 11.8 Å². The summed E-state index contributed by atoms with van der Waals surface area (Å²) in [6.07, 6.45) is 3.29. The van der Waals surface area contributed by atoms with E-state index in [2.05, 4.69) is 17.3 Å². The lowest BCUT2D eigenvalue weighted by Crippen LogP contribution is -2.42. The van der Waals surface area contributed by atoms with E-state index in [0.717, 1.165) is 19.5 Å². The van der Waals surface area contributed by atoms with E-state index in [4.69, 9.17) is 5.73 Å². The van der Waals surface area contributed by atoms with Crippen molar-refractivity contribution in [1.82, 2.24) is 10.2 Å². The maximum Gasteiger partial charge on any atom is 0.224 e. The van der Waals surface area contributed by atoms with Gasteiger partial charge in [-0.1, -0.05) is 6.92 Å². The molecular weight excluding hydrogens is 202 g/mol. The number of carbonyl (C=O) groups excluding carboxylic acids is 1. The fourth-order valence-corrected chi connectivity index (χ4v) is 2.29. The van der Waals surface area contributed by atoms with E-state index < -0.39 is 0 Å². The number of amides is 1. The van der Waals surface area contributed by atoms with E-state index in [9.17, 15) is 4.79 Å².